The van der Waals surface area contributed by atoms with Crippen LogP contribution >= 0.6 is 0 Å². The van der Waals surface area contributed by atoms with E-state index in [9.17, 15) is 9.59 Å². The Balaban J connectivity index is 4.76. The van der Waals surface area contributed by atoms with Crippen LogP contribution in [0.5, 0.6) is 0 Å². The summed E-state index contributed by atoms with van der Waals surface area (Å²) in [6.07, 6.45) is 1.38. The molecule has 0 rings (SSSR count). The number of carbonyl (C=O) groups is 2. The van der Waals surface area contributed by atoms with Crippen molar-refractivity contribution in [3.05, 3.63) is 11.6 Å². The van der Waals surface area contributed by atoms with Crippen molar-refractivity contribution in [2.75, 3.05) is 7.11 Å². The fourth-order valence-electron chi connectivity index (χ4n) is 0.925. The Bertz CT molecular complexity index is 250. The molecule has 0 saturated carbocycles. The number of hydrogen-bond donors (Lipinski definition) is 1. The van der Waals surface area contributed by atoms with Gasteiger partial charge in [0, 0.05) is 5.57 Å². The number of rotatable bonds is 3. The molecule has 1 N–H and O–H groups in total. The first-order valence-corrected chi connectivity index (χ1v) is 3.82. The van der Waals surface area contributed by atoms with E-state index in [1.54, 1.807) is 13.8 Å². The minimum Gasteiger partial charge on any atom is -0.478 e. The van der Waals surface area contributed by atoms with Crippen LogP contribution in [0.15, 0.2) is 11.6 Å². The number of carboxylic acids is 1. The first-order valence-electron chi connectivity index (χ1n) is 3.82. The van der Waals surface area contributed by atoms with Gasteiger partial charge >= 0.3 is 11.9 Å². The summed E-state index contributed by atoms with van der Waals surface area (Å²) in [5, 5.41) is 8.58. The average Bonchev–Trinajstić information content (AvgIpc) is 2.01. The molecule has 0 aliphatic heterocycles. The van der Waals surface area contributed by atoms with Crippen molar-refractivity contribution in [2.24, 2.45) is 5.41 Å². The van der Waals surface area contributed by atoms with E-state index in [0.717, 1.165) is 0 Å². The average molecular weight is 186 g/mol. The molecule has 13 heavy (non-hydrogen) atoms. The third kappa shape index (κ3) is 3.27. The maximum absolute atomic E-state index is 11.1. The fourth-order valence-corrected chi connectivity index (χ4v) is 0.925. The molecular formula is C9H14O4. The second-order valence-electron chi connectivity index (χ2n) is 3.35. The molecule has 0 fully saturated rings. The maximum Gasteiger partial charge on any atom is 0.330 e. The molecule has 0 aliphatic rings. The van der Waals surface area contributed by atoms with Gasteiger partial charge in [0.15, 0.2) is 0 Å². The second kappa shape index (κ2) is 4.07. The van der Waals surface area contributed by atoms with Gasteiger partial charge in [-0.3, -0.25) is 4.79 Å². The molecule has 0 radical (unpaired) electrons. The van der Waals surface area contributed by atoms with E-state index >= 15 is 0 Å². The Morgan fingerprint density at radius 1 is 1.38 bits per heavy atom. The summed E-state index contributed by atoms with van der Waals surface area (Å²) in [4.78, 5) is 21.6. The molecular weight excluding hydrogens is 172 g/mol. The number of methoxy groups -OCH3 is 1. The van der Waals surface area contributed by atoms with Gasteiger partial charge in [-0.2, -0.15) is 0 Å². The summed E-state index contributed by atoms with van der Waals surface area (Å²) in [5.41, 5.74) is -0.757. The van der Waals surface area contributed by atoms with Gasteiger partial charge in [0.25, 0.3) is 0 Å². The Kier molecular flexibility index (Phi) is 3.66. The van der Waals surface area contributed by atoms with Crippen LogP contribution in [0.2, 0.25) is 0 Å². The van der Waals surface area contributed by atoms with Crippen molar-refractivity contribution in [3.63, 3.8) is 0 Å². The largest absolute Gasteiger partial charge is 0.478 e. The first-order chi connectivity index (χ1) is 5.81. The Hall–Kier alpha value is -1.32. The highest BCUT2D eigenvalue weighted by molar-refractivity contribution is 5.88. The topological polar surface area (TPSA) is 63.6 Å². The van der Waals surface area contributed by atoms with Crippen molar-refractivity contribution in [2.45, 2.75) is 20.8 Å². The van der Waals surface area contributed by atoms with Gasteiger partial charge in [-0.05, 0) is 20.8 Å². The van der Waals surface area contributed by atoms with Crippen LogP contribution in [0.4, 0.5) is 0 Å². The van der Waals surface area contributed by atoms with Gasteiger partial charge in [-0.25, -0.2) is 4.79 Å². The van der Waals surface area contributed by atoms with E-state index in [1.807, 2.05) is 0 Å². The molecule has 0 spiro atoms. The highest BCUT2D eigenvalue weighted by Crippen LogP contribution is 2.20. The van der Waals surface area contributed by atoms with Crippen molar-refractivity contribution < 1.29 is 19.4 Å². The van der Waals surface area contributed by atoms with Gasteiger partial charge in [0.2, 0.25) is 0 Å². The smallest absolute Gasteiger partial charge is 0.330 e. The molecule has 0 aromatic carbocycles. The highest BCUT2D eigenvalue weighted by atomic mass is 16.5. The lowest BCUT2D eigenvalue weighted by Crippen LogP contribution is -2.24. The zero-order valence-corrected chi connectivity index (χ0v) is 8.25. The minimum absolute atomic E-state index is 0.135. The molecule has 0 amide bonds. The van der Waals surface area contributed by atoms with Crippen LogP contribution in [0.25, 0.3) is 0 Å². The van der Waals surface area contributed by atoms with Crippen molar-refractivity contribution in [1.82, 2.24) is 0 Å². The van der Waals surface area contributed by atoms with Crippen LogP contribution in [-0.2, 0) is 14.3 Å². The van der Waals surface area contributed by atoms with E-state index in [1.165, 1.54) is 20.1 Å². The van der Waals surface area contributed by atoms with Crippen LogP contribution < -0.4 is 0 Å². The number of hydrogen-bond acceptors (Lipinski definition) is 3. The second-order valence-corrected chi connectivity index (χ2v) is 3.35. The quantitative estimate of drug-likeness (QED) is 0.531. The lowest BCUT2D eigenvalue weighted by atomic mass is 9.91. The molecule has 0 aromatic heterocycles. The molecule has 74 valence electrons. The normalized spacial score (nSPS) is 12.5. The third-order valence-electron chi connectivity index (χ3n) is 1.63. The Morgan fingerprint density at radius 3 is 2.15 bits per heavy atom. The SMILES string of the molecule is COC(=O)C(C)(C)C=C(C)C(=O)O. The minimum atomic E-state index is -1.03. The van der Waals surface area contributed by atoms with Gasteiger partial charge in [0.1, 0.15) is 0 Å². The van der Waals surface area contributed by atoms with E-state index in [-0.39, 0.29) is 5.57 Å². The first kappa shape index (κ1) is 11.7. The molecule has 4 heteroatoms. The molecule has 4 nitrogen and oxygen atoms in total. The summed E-state index contributed by atoms with van der Waals surface area (Å²) in [6, 6.07) is 0. The Morgan fingerprint density at radius 2 is 1.85 bits per heavy atom. The number of aliphatic carboxylic acids is 1. The molecule has 0 unspecified atom stereocenters. The fraction of sp³-hybridized carbons (Fsp3) is 0.556. The predicted octanol–water partition coefficient (Wildman–Crippen LogP) is 1.22. The van der Waals surface area contributed by atoms with Gasteiger partial charge in [0.05, 0.1) is 12.5 Å². The van der Waals surface area contributed by atoms with Gasteiger partial charge in [-0.1, -0.05) is 6.08 Å². The van der Waals surface area contributed by atoms with Crippen LogP contribution in [0.1, 0.15) is 20.8 Å². The van der Waals surface area contributed by atoms with Crippen LogP contribution in [-0.4, -0.2) is 24.2 Å². The van der Waals surface area contributed by atoms with E-state index < -0.39 is 17.4 Å². The van der Waals surface area contributed by atoms with Gasteiger partial charge < -0.3 is 9.84 Å². The molecule has 0 aliphatic carbocycles. The molecule has 0 aromatic rings. The van der Waals surface area contributed by atoms with Crippen LogP contribution in [0.3, 0.4) is 0 Å². The van der Waals surface area contributed by atoms with E-state index in [2.05, 4.69) is 4.74 Å². The van der Waals surface area contributed by atoms with Crippen molar-refractivity contribution in [1.29, 1.82) is 0 Å². The highest BCUT2D eigenvalue weighted by Gasteiger charge is 2.26. The molecule has 0 bridgehead atoms. The zero-order chi connectivity index (χ0) is 10.6. The monoisotopic (exact) mass is 186 g/mol. The van der Waals surface area contributed by atoms with Crippen LogP contribution in [0, 0.1) is 5.41 Å². The lowest BCUT2D eigenvalue weighted by Gasteiger charge is -2.17. The van der Waals surface area contributed by atoms with E-state index in [0.29, 0.717) is 0 Å². The summed E-state index contributed by atoms with van der Waals surface area (Å²) in [5.74, 6) is -1.48. The number of carbonyl (C=O) groups excluding carboxylic acids is 1. The molecule has 0 heterocycles. The Labute approximate surface area is 77.2 Å². The number of ether oxygens (including phenoxy) is 1. The maximum atomic E-state index is 11.1. The summed E-state index contributed by atoms with van der Waals surface area (Å²) < 4.78 is 4.52. The number of esters is 1. The summed E-state index contributed by atoms with van der Waals surface area (Å²) in [6.45, 7) is 4.64. The zero-order valence-electron chi connectivity index (χ0n) is 8.25. The predicted molar refractivity (Wildman–Crippen MR) is 47.2 cm³/mol. The van der Waals surface area contributed by atoms with E-state index in [4.69, 9.17) is 5.11 Å². The summed E-state index contributed by atoms with van der Waals surface area (Å²) >= 11 is 0. The lowest BCUT2D eigenvalue weighted by molar-refractivity contribution is -0.148. The van der Waals surface area contributed by atoms with Gasteiger partial charge in [-0.15, -0.1) is 0 Å². The molecule has 0 saturated heterocycles. The van der Waals surface area contributed by atoms with Crippen molar-refractivity contribution >= 4 is 11.9 Å². The molecule has 0 atom stereocenters. The summed E-state index contributed by atoms with van der Waals surface area (Å²) in [7, 11) is 1.27. The van der Waals surface area contributed by atoms with Crippen molar-refractivity contribution in [3.8, 4) is 0 Å². The third-order valence-corrected chi connectivity index (χ3v) is 1.63. The number of carboxylic acid groups (broad SMARTS) is 1. The standard InChI is InChI=1S/C9H14O4/c1-6(7(10)11)5-9(2,3)8(12)13-4/h5H,1-4H3,(H,10,11).